The maximum absolute atomic E-state index is 5.09. The van der Waals surface area contributed by atoms with E-state index in [4.69, 9.17) is 4.98 Å². The highest BCUT2D eigenvalue weighted by Gasteiger charge is 2.34. The fourth-order valence-electron chi connectivity index (χ4n) is 5.85. The van der Waals surface area contributed by atoms with Crippen LogP contribution in [0.5, 0.6) is 0 Å². The quantitative estimate of drug-likeness (QED) is 0.253. The van der Waals surface area contributed by atoms with E-state index in [0.29, 0.717) is 17.8 Å². The first kappa shape index (κ1) is 20.3. The van der Waals surface area contributed by atoms with Crippen LogP contribution in [0, 0.1) is 13.8 Å². The molecular formula is C32H32N2. The lowest BCUT2D eigenvalue weighted by Gasteiger charge is -2.20. The number of imidazole rings is 1. The molecule has 0 atom stereocenters. The second-order valence-electron chi connectivity index (χ2n) is 11.1. The van der Waals surface area contributed by atoms with Crippen molar-refractivity contribution in [2.45, 2.75) is 71.1 Å². The van der Waals surface area contributed by atoms with Crippen LogP contribution in [0.2, 0.25) is 0 Å². The zero-order valence-corrected chi connectivity index (χ0v) is 20.7. The number of benzene rings is 3. The molecule has 0 N–H and O–H groups in total. The number of aryl methyl sites for hydroxylation is 2. The second-order valence-corrected chi connectivity index (χ2v) is 11.1. The van der Waals surface area contributed by atoms with Crippen LogP contribution in [0.15, 0.2) is 54.7 Å². The van der Waals surface area contributed by atoms with Crippen LogP contribution in [-0.2, 0) is 0 Å². The molecule has 170 valence electrons. The lowest BCUT2D eigenvalue weighted by molar-refractivity contribution is 0.856. The Morgan fingerprint density at radius 3 is 2.03 bits per heavy atom. The van der Waals surface area contributed by atoms with Crippen molar-refractivity contribution in [3.8, 4) is 11.3 Å². The van der Waals surface area contributed by atoms with Gasteiger partial charge in [0.15, 0.2) is 0 Å². The highest BCUT2D eigenvalue weighted by molar-refractivity contribution is 6.12. The highest BCUT2D eigenvalue weighted by atomic mass is 15.0. The molecular weight excluding hydrogens is 412 g/mol. The molecule has 7 rings (SSSR count). The van der Waals surface area contributed by atoms with E-state index in [1.165, 1.54) is 75.3 Å². The van der Waals surface area contributed by atoms with Crippen molar-refractivity contribution in [2.24, 2.45) is 0 Å². The normalized spacial score (nSPS) is 16.4. The minimum atomic E-state index is 0.557. The number of hydrogen-bond donors (Lipinski definition) is 0. The molecule has 2 saturated carbocycles. The number of pyridine rings is 1. The first-order chi connectivity index (χ1) is 16.5. The Hall–Kier alpha value is -3.13. The largest absolute Gasteiger partial charge is 0.292 e. The van der Waals surface area contributed by atoms with Crippen LogP contribution in [0.4, 0.5) is 0 Å². The summed E-state index contributed by atoms with van der Waals surface area (Å²) in [6.07, 6.45) is 7.43. The summed E-state index contributed by atoms with van der Waals surface area (Å²) in [5.41, 5.74) is 12.5. The number of hydrogen-bond acceptors (Lipinski definition) is 1. The van der Waals surface area contributed by atoms with Gasteiger partial charge >= 0.3 is 0 Å². The Kier molecular flexibility index (Phi) is 4.28. The molecule has 0 bridgehead atoms. The Morgan fingerprint density at radius 2 is 1.41 bits per heavy atom. The molecule has 5 aromatic rings. The Balaban J connectivity index is 1.64. The van der Waals surface area contributed by atoms with E-state index in [2.05, 4.69) is 86.8 Å². The van der Waals surface area contributed by atoms with Crippen LogP contribution in [0.3, 0.4) is 0 Å². The lowest BCUT2D eigenvalue weighted by atomic mass is 9.87. The third kappa shape index (κ3) is 2.97. The summed E-state index contributed by atoms with van der Waals surface area (Å²) < 4.78 is 2.48. The van der Waals surface area contributed by atoms with Gasteiger partial charge in [-0.05, 0) is 103 Å². The van der Waals surface area contributed by atoms with Crippen molar-refractivity contribution in [3.05, 3.63) is 82.5 Å². The lowest BCUT2D eigenvalue weighted by Crippen LogP contribution is -2.02. The fourth-order valence-corrected chi connectivity index (χ4v) is 5.85. The van der Waals surface area contributed by atoms with Gasteiger partial charge in [-0.15, -0.1) is 0 Å². The monoisotopic (exact) mass is 444 g/mol. The predicted molar refractivity (Wildman–Crippen MR) is 143 cm³/mol. The molecule has 3 aromatic carbocycles. The van der Waals surface area contributed by atoms with Crippen molar-refractivity contribution in [1.29, 1.82) is 0 Å². The van der Waals surface area contributed by atoms with Crippen LogP contribution in [0.25, 0.3) is 38.6 Å². The molecule has 2 heteroatoms. The molecule has 0 saturated heterocycles. The highest BCUT2D eigenvalue weighted by Crippen LogP contribution is 2.52. The summed E-state index contributed by atoms with van der Waals surface area (Å²) in [6, 6.07) is 18.6. The Morgan fingerprint density at radius 1 is 0.794 bits per heavy atom. The SMILES string of the molecule is Cc1cc2c3ccccc3c3ncc(-c4c(C5CC5)cc(C(C)C)cc4C4CC4)n3c2cc1C. The molecule has 2 aliphatic carbocycles. The van der Waals surface area contributed by atoms with Gasteiger partial charge in [0.2, 0.25) is 0 Å². The zero-order chi connectivity index (χ0) is 23.1. The van der Waals surface area contributed by atoms with Crippen LogP contribution >= 0.6 is 0 Å². The maximum Gasteiger partial charge on any atom is 0.145 e. The summed E-state index contributed by atoms with van der Waals surface area (Å²) in [5, 5.41) is 3.86. The van der Waals surface area contributed by atoms with Gasteiger partial charge < -0.3 is 0 Å². The number of fused-ring (bicyclic) bond motifs is 6. The average molecular weight is 445 g/mol. The summed E-state index contributed by atoms with van der Waals surface area (Å²) >= 11 is 0. The molecule has 0 unspecified atom stereocenters. The van der Waals surface area contributed by atoms with Crippen molar-refractivity contribution in [1.82, 2.24) is 9.38 Å². The summed E-state index contributed by atoms with van der Waals surface area (Å²) in [7, 11) is 0. The number of nitrogens with zero attached hydrogens (tertiary/aromatic N) is 2. The van der Waals surface area contributed by atoms with Crippen LogP contribution in [0.1, 0.15) is 85.1 Å². The molecule has 2 aromatic heterocycles. The third-order valence-electron chi connectivity index (χ3n) is 8.25. The van der Waals surface area contributed by atoms with E-state index in [1.54, 1.807) is 11.1 Å². The molecule has 0 amide bonds. The maximum atomic E-state index is 5.09. The van der Waals surface area contributed by atoms with Gasteiger partial charge in [0, 0.05) is 16.3 Å². The van der Waals surface area contributed by atoms with Crippen molar-refractivity contribution >= 4 is 27.3 Å². The Labute approximate surface area is 201 Å². The number of aromatic nitrogens is 2. The topological polar surface area (TPSA) is 17.3 Å². The summed E-state index contributed by atoms with van der Waals surface area (Å²) in [5.74, 6) is 1.96. The number of rotatable bonds is 4. The smallest absolute Gasteiger partial charge is 0.145 e. The van der Waals surface area contributed by atoms with Crippen molar-refractivity contribution in [3.63, 3.8) is 0 Å². The summed E-state index contributed by atoms with van der Waals surface area (Å²) in [4.78, 5) is 5.09. The van der Waals surface area contributed by atoms with Gasteiger partial charge in [0.1, 0.15) is 5.65 Å². The van der Waals surface area contributed by atoms with Gasteiger partial charge in [-0.25, -0.2) is 4.98 Å². The van der Waals surface area contributed by atoms with Gasteiger partial charge in [-0.2, -0.15) is 0 Å². The van der Waals surface area contributed by atoms with E-state index in [1.807, 2.05) is 0 Å². The van der Waals surface area contributed by atoms with Crippen molar-refractivity contribution in [2.75, 3.05) is 0 Å². The van der Waals surface area contributed by atoms with Crippen LogP contribution in [-0.4, -0.2) is 9.38 Å². The molecule has 0 aliphatic heterocycles. The van der Waals surface area contributed by atoms with Crippen molar-refractivity contribution < 1.29 is 0 Å². The Bertz CT molecular complexity index is 1580. The van der Waals surface area contributed by atoms with Gasteiger partial charge in [-0.1, -0.05) is 50.2 Å². The van der Waals surface area contributed by atoms with Gasteiger partial charge in [0.25, 0.3) is 0 Å². The van der Waals surface area contributed by atoms with Crippen LogP contribution < -0.4 is 0 Å². The molecule has 34 heavy (non-hydrogen) atoms. The first-order valence-corrected chi connectivity index (χ1v) is 13.0. The predicted octanol–water partition coefficient (Wildman–Crippen LogP) is 8.80. The minimum absolute atomic E-state index is 0.557. The van der Waals surface area contributed by atoms with Gasteiger partial charge in [0.05, 0.1) is 17.4 Å². The van der Waals surface area contributed by atoms with E-state index >= 15 is 0 Å². The second kappa shape index (κ2) is 7.18. The third-order valence-corrected chi connectivity index (χ3v) is 8.25. The van der Waals surface area contributed by atoms with Gasteiger partial charge in [-0.3, -0.25) is 4.40 Å². The molecule has 0 radical (unpaired) electrons. The van der Waals surface area contributed by atoms with E-state index in [-0.39, 0.29) is 0 Å². The zero-order valence-electron chi connectivity index (χ0n) is 20.7. The molecule has 2 fully saturated rings. The molecule has 2 heterocycles. The van der Waals surface area contributed by atoms with E-state index in [0.717, 1.165) is 5.65 Å². The molecule has 0 spiro atoms. The summed E-state index contributed by atoms with van der Waals surface area (Å²) in [6.45, 7) is 9.13. The fraction of sp³-hybridized carbons (Fsp3) is 0.344. The van der Waals surface area contributed by atoms with E-state index < -0.39 is 0 Å². The average Bonchev–Trinajstić information content (AvgIpc) is 3.76. The standard InChI is InChI=1S/C32H32N2/c1-18(2)23-15-26(21-9-10-21)31(27(16-23)22-11-12-22)30-17-33-32-25-8-6-5-7-24(25)28-13-19(3)20(4)14-29(28)34(30)32/h5-8,13-18,21-22H,9-12H2,1-4H3. The van der Waals surface area contributed by atoms with E-state index in [9.17, 15) is 0 Å². The minimum Gasteiger partial charge on any atom is -0.292 e. The molecule has 2 aliphatic rings. The first-order valence-electron chi connectivity index (χ1n) is 13.0. The molecule has 2 nitrogen and oxygen atoms in total.